The highest BCUT2D eigenvalue weighted by Crippen LogP contribution is 2.25. The molecule has 106 valence electrons. The minimum absolute atomic E-state index is 0.652. The molecule has 20 heavy (non-hydrogen) atoms. The van der Waals surface area contributed by atoms with Gasteiger partial charge in [-0.15, -0.1) is 0 Å². The lowest BCUT2D eigenvalue weighted by Gasteiger charge is -2.12. The first-order valence-corrected chi connectivity index (χ1v) is 6.68. The van der Waals surface area contributed by atoms with Crippen molar-refractivity contribution in [1.82, 2.24) is 0 Å². The molecule has 0 aliphatic heterocycles. The quantitative estimate of drug-likeness (QED) is 0.867. The summed E-state index contributed by atoms with van der Waals surface area (Å²) in [6, 6.07) is 14.6. The molecule has 0 radical (unpaired) electrons. The maximum absolute atomic E-state index is 5.39. The Labute approximate surface area is 120 Å². The van der Waals surface area contributed by atoms with Crippen LogP contribution in [0.15, 0.2) is 42.5 Å². The summed E-state index contributed by atoms with van der Waals surface area (Å²) in [5.41, 5.74) is 4.62. The second-order valence-electron chi connectivity index (χ2n) is 4.81. The Kier molecular flexibility index (Phi) is 5.02. The lowest BCUT2D eigenvalue weighted by Crippen LogP contribution is -2.01. The molecule has 2 aromatic rings. The molecule has 0 aliphatic rings. The largest absolute Gasteiger partial charge is 0.495 e. The smallest absolute Gasteiger partial charge is 0.142 e. The fourth-order valence-electron chi connectivity index (χ4n) is 2.06. The van der Waals surface area contributed by atoms with Crippen LogP contribution in [0, 0.1) is 6.92 Å². The molecule has 0 aliphatic carbocycles. The highest BCUT2D eigenvalue weighted by atomic mass is 16.5. The Morgan fingerprint density at radius 3 is 2.30 bits per heavy atom. The van der Waals surface area contributed by atoms with Gasteiger partial charge in [0.05, 0.1) is 19.4 Å². The summed E-state index contributed by atoms with van der Waals surface area (Å²) in [4.78, 5) is 0. The van der Waals surface area contributed by atoms with Gasteiger partial charge in [-0.3, -0.25) is 0 Å². The van der Waals surface area contributed by atoms with E-state index in [0.29, 0.717) is 6.61 Å². The van der Waals surface area contributed by atoms with Crippen molar-refractivity contribution >= 4 is 5.69 Å². The van der Waals surface area contributed by atoms with Gasteiger partial charge in [0.15, 0.2) is 0 Å². The summed E-state index contributed by atoms with van der Waals surface area (Å²) in [5.74, 6) is 0.876. The number of benzene rings is 2. The normalized spacial score (nSPS) is 10.3. The molecule has 2 aromatic carbocycles. The number of anilines is 1. The first-order valence-electron chi connectivity index (χ1n) is 6.68. The summed E-state index contributed by atoms with van der Waals surface area (Å²) in [7, 11) is 3.40. The average Bonchev–Trinajstić information content (AvgIpc) is 2.47. The number of hydrogen-bond acceptors (Lipinski definition) is 3. The third kappa shape index (κ3) is 3.75. The summed E-state index contributed by atoms with van der Waals surface area (Å²) < 4.78 is 10.5. The van der Waals surface area contributed by atoms with Crippen LogP contribution in [-0.4, -0.2) is 14.2 Å². The van der Waals surface area contributed by atoms with E-state index in [0.717, 1.165) is 18.0 Å². The molecular formula is C17H21NO2. The van der Waals surface area contributed by atoms with Crippen molar-refractivity contribution in [2.45, 2.75) is 20.1 Å². The number of aryl methyl sites for hydroxylation is 1. The predicted octanol–water partition coefficient (Wildman–Crippen LogP) is 3.76. The lowest BCUT2D eigenvalue weighted by atomic mass is 10.1. The molecule has 0 amide bonds. The standard InChI is InChI=1S/C17H21NO2/c1-13-4-9-16(17(10-13)20-3)18-11-14-5-7-15(8-6-14)12-19-2/h4-10,18H,11-12H2,1-3H3. The van der Waals surface area contributed by atoms with E-state index in [9.17, 15) is 0 Å². The SMILES string of the molecule is COCc1ccc(CNc2ccc(C)cc2OC)cc1. The van der Waals surface area contributed by atoms with Crippen LogP contribution in [0.5, 0.6) is 5.75 Å². The highest BCUT2D eigenvalue weighted by Gasteiger charge is 2.02. The number of ether oxygens (including phenoxy) is 2. The summed E-state index contributed by atoms with van der Waals surface area (Å²) >= 11 is 0. The van der Waals surface area contributed by atoms with Gasteiger partial charge in [0.2, 0.25) is 0 Å². The number of hydrogen-bond donors (Lipinski definition) is 1. The van der Waals surface area contributed by atoms with Crippen LogP contribution < -0.4 is 10.1 Å². The number of methoxy groups -OCH3 is 2. The van der Waals surface area contributed by atoms with E-state index in [1.54, 1.807) is 14.2 Å². The van der Waals surface area contributed by atoms with Gasteiger partial charge in [-0.25, -0.2) is 0 Å². The second kappa shape index (κ2) is 6.96. The monoisotopic (exact) mass is 271 g/mol. The van der Waals surface area contributed by atoms with Crippen molar-refractivity contribution in [3.63, 3.8) is 0 Å². The molecule has 3 heteroatoms. The lowest BCUT2D eigenvalue weighted by molar-refractivity contribution is 0.185. The van der Waals surface area contributed by atoms with Gasteiger partial charge in [-0.2, -0.15) is 0 Å². The third-order valence-corrected chi connectivity index (χ3v) is 3.17. The first-order chi connectivity index (χ1) is 9.72. The molecular weight excluding hydrogens is 250 g/mol. The van der Waals surface area contributed by atoms with Gasteiger partial charge in [0, 0.05) is 13.7 Å². The number of rotatable bonds is 6. The molecule has 3 nitrogen and oxygen atoms in total. The summed E-state index contributed by atoms with van der Waals surface area (Å²) in [6.45, 7) is 3.48. The maximum atomic E-state index is 5.39. The second-order valence-corrected chi connectivity index (χ2v) is 4.81. The van der Waals surface area contributed by atoms with Crippen LogP contribution in [0.1, 0.15) is 16.7 Å². The Bertz CT molecular complexity index is 549. The van der Waals surface area contributed by atoms with Crippen LogP contribution in [0.4, 0.5) is 5.69 Å². The van der Waals surface area contributed by atoms with E-state index >= 15 is 0 Å². The van der Waals surface area contributed by atoms with Crippen LogP contribution in [0.2, 0.25) is 0 Å². The zero-order valence-electron chi connectivity index (χ0n) is 12.3. The molecule has 0 heterocycles. The molecule has 0 saturated heterocycles. The molecule has 0 unspecified atom stereocenters. The van der Waals surface area contributed by atoms with E-state index < -0.39 is 0 Å². The van der Waals surface area contributed by atoms with E-state index in [1.165, 1.54) is 16.7 Å². The number of nitrogens with one attached hydrogen (secondary N) is 1. The van der Waals surface area contributed by atoms with E-state index in [1.807, 2.05) is 12.1 Å². The zero-order valence-corrected chi connectivity index (χ0v) is 12.3. The Balaban J connectivity index is 2.01. The van der Waals surface area contributed by atoms with Crippen molar-refractivity contribution < 1.29 is 9.47 Å². The first kappa shape index (κ1) is 14.4. The molecule has 0 aromatic heterocycles. The maximum Gasteiger partial charge on any atom is 0.142 e. The zero-order chi connectivity index (χ0) is 14.4. The van der Waals surface area contributed by atoms with Crippen LogP contribution >= 0.6 is 0 Å². The topological polar surface area (TPSA) is 30.5 Å². The Hall–Kier alpha value is -2.00. The van der Waals surface area contributed by atoms with Crippen molar-refractivity contribution in [2.75, 3.05) is 19.5 Å². The molecule has 0 spiro atoms. The third-order valence-electron chi connectivity index (χ3n) is 3.17. The van der Waals surface area contributed by atoms with Crippen LogP contribution in [0.3, 0.4) is 0 Å². The molecule has 0 bridgehead atoms. The summed E-state index contributed by atoms with van der Waals surface area (Å²) in [6.07, 6.45) is 0. The van der Waals surface area contributed by atoms with Gasteiger partial charge in [-0.1, -0.05) is 30.3 Å². The average molecular weight is 271 g/mol. The Morgan fingerprint density at radius 1 is 0.950 bits per heavy atom. The van der Waals surface area contributed by atoms with Crippen molar-refractivity contribution in [2.24, 2.45) is 0 Å². The van der Waals surface area contributed by atoms with E-state index in [4.69, 9.17) is 9.47 Å². The highest BCUT2D eigenvalue weighted by molar-refractivity contribution is 5.57. The predicted molar refractivity (Wildman–Crippen MR) is 82.2 cm³/mol. The van der Waals surface area contributed by atoms with E-state index in [2.05, 4.69) is 42.6 Å². The fourth-order valence-corrected chi connectivity index (χ4v) is 2.06. The van der Waals surface area contributed by atoms with E-state index in [-0.39, 0.29) is 0 Å². The van der Waals surface area contributed by atoms with Crippen LogP contribution in [0.25, 0.3) is 0 Å². The van der Waals surface area contributed by atoms with Gasteiger partial charge in [-0.05, 0) is 35.7 Å². The van der Waals surface area contributed by atoms with Crippen molar-refractivity contribution in [3.05, 3.63) is 59.2 Å². The van der Waals surface area contributed by atoms with Gasteiger partial charge in [0.1, 0.15) is 5.75 Å². The van der Waals surface area contributed by atoms with Gasteiger partial charge < -0.3 is 14.8 Å². The van der Waals surface area contributed by atoms with Gasteiger partial charge in [0.25, 0.3) is 0 Å². The minimum atomic E-state index is 0.652. The fraction of sp³-hybridized carbons (Fsp3) is 0.294. The summed E-state index contributed by atoms with van der Waals surface area (Å²) in [5, 5.41) is 3.40. The van der Waals surface area contributed by atoms with Crippen molar-refractivity contribution in [1.29, 1.82) is 0 Å². The molecule has 0 fully saturated rings. The molecule has 0 saturated carbocycles. The minimum Gasteiger partial charge on any atom is -0.495 e. The molecule has 1 N–H and O–H groups in total. The Morgan fingerprint density at radius 2 is 1.65 bits per heavy atom. The molecule has 2 rings (SSSR count). The van der Waals surface area contributed by atoms with Crippen LogP contribution in [-0.2, 0) is 17.9 Å². The van der Waals surface area contributed by atoms with Crippen molar-refractivity contribution in [3.8, 4) is 5.75 Å². The molecule has 0 atom stereocenters. The van der Waals surface area contributed by atoms with Gasteiger partial charge >= 0.3 is 0 Å².